The molecule has 0 saturated carbocycles. The summed E-state index contributed by atoms with van der Waals surface area (Å²) >= 11 is 0. The molecule has 0 bridgehead atoms. The van der Waals surface area contributed by atoms with Crippen LogP contribution in [0.4, 0.5) is 0 Å². The molecule has 1 heterocycles. The highest BCUT2D eigenvalue weighted by Gasteiger charge is 2.09. The fourth-order valence-corrected chi connectivity index (χ4v) is 4.15. The lowest BCUT2D eigenvalue weighted by molar-refractivity contribution is 0.0963. The van der Waals surface area contributed by atoms with Gasteiger partial charge in [-0.05, 0) is 68.1 Å². The van der Waals surface area contributed by atoms with E-state index in [0.29, 0.717) is 12.1 Å². The molecule has 0 radical (unpaired) electrons. The average molecular weight is 450 g/mol. The number of nitrogens with zero attached hydrogens (tertiary/aromatic N) is 2. The maximum absolute atomic E-state index is 11.8. The molecular formula is C27H39N5O. The van der Waals surface area contributed by atoms with Crippen LogP contribution in [-0.4, -0.2) is 50.0 Å². The van der Waals surface area contributed by atoms with Crippen LogP contribution in [0.15, 0.2) is 53.5 Å². The average Bonchev–Trinajstić information content (AvgIpc) is 3.12. The largest absolute Gasteiger partial charge is 0.357 e. The van der Waals surface area contributed by atoms with Crippen LogP contribution in [0.1, 0.15) is 59.7 Å². The summed E-state index contributed by atoms with van der Waals surface area (Å²) in [5.41, 5.74) is 4.41. The Balaban J connectivity index is 1.49. The molecule has 0 aromatic heterocycles. The number of aliphatic imine (C=N–C) groups is 1. The predicted molar refractivity (Wildman–Crippen MR) is 137 cm³/mol. The first-order valence-electron chi connectivity index (χ1n) is 12.3. The molecule has 1 aliphatic heterocycles. The summed E-state index contributed by atoms with van der Waals surface area (Å²) in [6, 6.07) is 16.6. The van der Waals surface area contributed by atoms with E-state index in [2.05, 4.69) is 52.0 Å². The van der Waals surface area contributed by atoms with Crippen LogP contribution in [0.3, 0.4) is 0 Å². The lowest BCUT2D eigenvalue weighted by atomic mass is 10.1. The van der Waals surface area contributed by atoms with Crippen molar-refractivity contribution in [3.05, 3.63) is 70.8 Å². The van der Waals surface area contributed by atoms with Crippen molar-refractivity contribution < 1.29 is 4.79 Å². The normalized spacial score (nSPS) is 15.0. The van der Waals surface area contributed by atoms with E-state index >= 15 is 0 Å². The number of amides is 1. The number of hydrogen-bond acceptors (Lipinski definition) is 3. The molecule has 3 N–H and O–H groups in total. The minimum atomic E-state index is -0.0582. The number of hydrogen-bond donors (Lipinski definition) is 3. The topological polar surface area (TPSA) is 68.8 Å². The Morgan fingerprint density at radius 2 is 1.67 bits per heavy atom. The van der Waals surface area contributed by atoms with Crippen molar-refractivity contribution in [2.45, 2.75) is 52.1 Å². The van der Waals surface area contributed by atoms with Crippen LogP contribution in [0.25, 0.3) is 0 Å². The van der Waals surface area contributed by atoms with Gasteiger partial charge in [-0.25, -0.2) is 4.99 Å². The number of carbonyl (C=O) groups is 1. The first-order chi connectivity index (χ1) is 16.2. The molecule has 1 fully saturated rings. The van der Waals surface area contributed by atoms with Crippen molar-refractivity contribution in [1.29, 1.82) is 0 Å². The molecule has 0 aliphatic carbocycles. The molecule has 1 amide bonds. The Labute approximate surface area is 198 Å². The Morgan fingerprint density at radius 1 is 0.939 bits per heavy atom. The minimum absolute atomic E-state index is 0.0582. The second-order valence-corrected chi connectivity index (χ2v) is 8.66. The molecule has 2 aromatic rings. The van der Waals surface area contributed by atoms with E-state index in [1.165, 1.54) is 49.9 Å². The summed E-state index contributed by atoms with van der Waals surface area (Å²) in [5, 5.41) is 9.39. The molecule has 6 nitrogen and oxygen atoms in total. The zero-order chi connectivity index (χ0) is 23.3. The van der Waals surface area contributed by atoms with Gasteiger partial charge in [-0.3, -0.25) is 9.69 Å². The monoisotopic (exact) mass is 449 g/mol. The van der Waals surface area contributed by atoms with Crippen LogP contribution in [0.5, 0.6) is 0 Å². The minimum Gasteiger partial charge on any atom is -0.357 e. The van der Waals surface area contributed by atoms with Crippen LogP contribution in [0, 0.1) is 0 Å². The van der Waals surface area contributed by atoms with Gasteiger partial charge >= 0.3 is 0 Å². The Morgan fingerprint density at radius 3 is 2.36 bits per heavy atom. The van der Waals surface area contributed by atoms with Gasteiger partial charge in [0.1, 0.15) is 0 Å². The quantitative estimate of drug-likeness (QED) is 0.403. The van der Waals surface area contributed by atoms with Gasteiger partial charge in [-0.2, -0.15) is 0 Å². The standard InChI is InChI=1S/C27H39N5O/c1-3-29-27(30-16-15-22-9-8-10-25(19-22)26(33)28-2)31-20-23-11-13-24(14-12-23)21-32-17-6-4-5-7-18-32/h8-14,19H,3-7,15-18,20-21H2,1-2H3,(H,28,33)(H2,29,30,31). The van der Waals surface area contributed by atoms with Crippen LogP contribution >= 0.6 is 0 Å². The highest BCUT2D eigenvalue weighted by molar-refractivity contribution is 5.94. The van der Waals surface area contributed by atoms with Crippen LogP contribution in [-0.2, 0) is 19.5 Å². The molecule has 1 aliphatic rings. The first kappa shape index (κ1) is 24.8. The SMILES string of the molecule is CCNC(=NCc1ccc(CN2CCCCCC2)cc1)NCCc1cccc(C(=O)NC)c1. The van der Waals surface area contributed by atoms with Gasteiger partial charge in [0.05, 0.1) is 6.54 Å². The molecule has 2 aromatic carbocycles. The molecule has 0 atom stereocenters. The lowest BCUT2D eigenvalue weighted by Crippen LogP contribution is -2.38. The number of rotatable bonds is 9. The van der Waals surface area contributed by atoms with Gasteiger partial charge in [-0.1, -0.05) is 49.2 Å². The third kappa shape index (κ3) is 8.54. The summed E-state index contributed by atoms with van der Waals surface area (Å²) in [4.78, 5) is 19.2. The Hall–Kier alpha value is -2.86. The van der Waals surface area contributed by atoms with Crippen molar-refractivity contribution in [3.8, 4) is 0 Å². The number of nitrogens with one attached hydrogen (secondary N) is 3. The van der Waals surface area contributed by atoms with Gasteiger partial charge in [0.2, 0.25) is 0 Å². The van der Waals surface area contributed by atoms with Gasteiger partial charge in [0.15, 0.2) is 5.96 Å². The smallest absolute Gasteiger partial charge is 0.251 e. The van der Waals surface area contributed by atoms with Crippen LogP contribution in [0.2, 0.25) is 0 Å². The summed E-state index contributed by atoms with van der Waals surface area (Å²) < 4.78 is 0. The fourth-order valence-electron chi connectivity index (χ4n) is 4.15. The maximum Gasteiger partial charge on any atom is 0.251 e. The van der Waals surface area contributed by atoms with E-state index in [1.807, 2.05) is 24.3 Å². The molecule has 33 heavy (non-hydrogen) atoms. The summed E-state index contributed by atoms with van der Waals surface area (Å²) in [5.74, 6) is 0.755. The van der Waals surface area contributed by atoms with Crippen molar-refractivity contribution in [2.75, 3.05) is 33.2 Å². The zero-order valence-electron chi connectivity index (χ0n) is 20.2. The fraction of sp³-hybridized carbons (Fsp3) is 0.481. The van der Waals surface area contributed by atoms with E-state index in [1.54, 1.807) is 7.05 Å². The zero-order valence-corrected chi connectivity index (χ0v) is 20.2. The molecular weight excluding hydrogens is 410 g/mol. The van der Waals surface area contributed by atoms with Crippen molar-refractivity contribution in [1.82, 2.24) is 20.9 Å². The maximum atomic E-state index is 11.8. The van der Waals surface area contributed by atoms with Crippen molar-refractivity contribution in [2.24, 2.45) is 4.99 Å². The van der Waals surface area contributed by atoms with Gasteiger partial charge < -0.3 is 16.0 Å². The summed E-state index contributed by atoms with van der Waals surface area (Å²) in [6.07, 6.45) is 6.22. The number of guanidine groups is 1. The number of carbonyl (C=O) groups excluding carboxylic acids is 1. The second kappa shape index (κ2) is 13.6. The number of benzene rings is 2. The molecule has 0 unspecified atom stereocenters. The van der Waals surface area contributed by atoms with Gasteiger partial charge in [-0.15, -0.1) is 0 Å². The van der Waals surface area contributed by atoms with Crippen molar-refractivity contribution in [3.63, 3.8) is 0 Å². The Kier molecular flexibility index (Phi) is 10.2. The van der Waals surface area contributed by atoms with Crippen molar-refractivity contribution >= 4 is 11.9 Å². The Bertz CT molecular complexity index is 886. The third-order valence-corrected chi connectivity index (χ3v) is 6.01. The van der Waals surface area contributed by atoms with E-state index in [0.717, 1.165) is 37.6 Å². The van der Waals surface area contributed by atoms with Crippen LogP contribution < -0.4 is 16.0 Å². The van der Waals surface area contributed by atoms with E-state index in [4.69, 9.17) is 4.99 Å². The van der Waals surface area contributed by atoms with E-state index in [9.17, 15) is 4.79 Å². The van der Waals surface area contributed by atoms with Gasteiger partial charge in [0, 0.05) is 32.2 Å². The van der Waals surface area contributed by atoms with E-state index in [-0.39, 0.29) is 5.91 Å². The van der Waals surface area contributed by atoms with E-state index < -0.39 is 0 Å². The molecule has 0 spiro atoms. The summed E-state index contributed by atoms with van der Waals surface area (Å²) in [6.45, 7) is 7.77. The molecule has 6 heteroatoms. The predicted octanol–water partition coefficient (Wildman–Crippen LogP) is 3.72. The molecule has 1 saturated heterocycles. The highest BCUT2D eigenvalue weighted by Crippen LogP contribution is 2.14. The van der Waals surface area contributed by atoms with Gasteiger partial charge in [0.25, 0.3) is 5.91 Å². The second-order valence-electron chi connectivity index (χ2n) is 8.66. The lowest BCUT2D eigenvalue weighted by Gasteiger charge is -2.19. The first-order valence-corrected chi connectivity index (χ1v) is 12.3. The highest BCUT2D eigenvalue weighted by atomic mass is 16.1. The third-order valence-electron chi connectivity index (χ3n) is 6.01. The number of likely N-dealkylation sites (tertiary alicyclic amines) is 1. The molecule has 178 valence electrons. The summed E-state index contributed by atoms with van der Waals surface area (Å²) in [7, 11) is 1.65. The molecule has 3 rings (SSSR count).